The summed E-state index contributed by atoms with van der Waals surface area (Å²) in [5.74, 6) is -0.433. The molecule has 1 aromatic rings. The average molecular weight is 200 g/mol. The molecule has 0 atom stereocenters. The third-order valence-corrected chi connectivity index (χ3v) is 1.38. The molecule has 0 saturated carbocycles. The van der Waals surface area contributed by atoms with Gasteiger partial charge >= 0.3 is 5.97 Å². The molecule has 0 aliphatic heterocycles. The molecule has 5 heteroatoms. The number of nitrogens with zero attached hydrogens (tertiary/aromatic N) is 2. The minimum Gasteiger partial charge on any atom is -0.465 e. The Balaban J connectivity index is 2.58. The molecule has 0 saturated heterocycles. The molecule has 0 bridgehead atoms. The predicted octanol–water partition coefficient (Wildman–Crippen LogP) is 1.25. The van der Waals surface area contributed by atoms with Crippen molar-refractivity contribution >= 4 is 17.6 Å². The number of hydrogen-bond donors (Lipinski definition) is 0. The first kappa shape index (κ1) is 9.92. The number of carbonyl (C=O) groups excluding carboxylic acids is 1. The van der Waals surface area contributed by atoms with E-state index >= 15 is 0 Å². The molecule has 0 fully saturated rings. The first-order valence-corrected chi connectivity index (χ1v) is 4.10. The van der Waals surface area contributed by atoms with Crippen molar-refractivity contribution in [3.05, 3.63) is 29.7 Å². The predicted molar refractivity (Wildman–Crippen MR) is 47.1 cm³/mol. The van der Waals surface area contributed by atoms with Crippen molar-refractivity contribution in [3.63, 3.8) is 0 Å². The van der Waals surface area contributed by atoms with Gasteiger partial charge in [-0.25, -0.2) is 9.97 Å². The molecule has 4 nitrogen and oxygen atoms in total. The maximum Gasteiger partial charge on any atom is 0.316 e. The lowest BCUT2D eigenvalue weighted by Crippen LogP contribution is -2.06. The van der Waals surface area contributed by atoms with Gasteiger partial charge in [0.15, 0.2) is 0 Å². The third kappa shape index (κ3) is 3.38. The summed E-state index contributed by atoms with van der Waals surface area (Å²) in [6, 6.07) is 1.57. The summed E-state index contributed by atoms with van der Waals surface area (Å²) in [5.41, 5.74) is 0.443. The Labute approximate surface area is 80.9 Å². The number of ether oxygens (including phenoxy) is 1. The highest BCUT2D eigenvalue weighted by Crippen LogP contribution is 2.03. The van der Waals surface area contributed by atoms with Crippen LogP contribution in [0.15, 0.2) is 12.3 Å². The number of carbonyl (C=O) groups is 1. The SMILES string of the molecule is CCOC(=O)[CH]c1ccnc(Cl)n1. The highest BCUT2D eigenvalue weighted by Gasteiger charge is 2.06. The normalized spacial score (nSPS) is 9.69. The monoisotopic (exact) mass is 199 g/mol. The van der Waals surface area contributed by atoms with E-state index in [1.54, 1.807) is 13.0 Å². The van der Waals surface area contributed by atoms with Gasteiger partial charge in [-0.1, -0.05) is 0 Å². The molecule has 1 aromatic heterocycles. The van der Waals surface area contributed by atoms with Gasteiger partial charge in [0, 0.05) is 6.20 Å². The summed E-state index contributed by atoms with van der Waals surface area (Å²) >= 11 is 5.51. The van der Waals surface area contributed by atoms with Crippen molar-refractivity contribution in [3.8, 4) is 0 Å². The second-order valence-electron chi connectivity index (χ2n) is 2.15. The first-order chi connectivity index (χ1) is 6.22. The Morgan fingerprint density at radius 1 is 1.77 bits per heavy atom. The number of hydrogen-bond acceptors (Lipinski definition) is 4. The summed E-state index contributed by atoms with van der Waals surface area (Å²) in [4.78, 5) is 18.4. The van der Waals surface area contributed by atoms with Crippen LogP contribution < -0.4 is 0 Å². The summed E-state index contributed by atoms with van der Waals surface area (Å²) in [6.07, 6.45) is 2.73. The van der Waals surface area contributed by atoms with E-state index in [0.717, 1.165) is 0 Å². The number of halogens is 1. The lowest BCUT2D eigenvalue weighted by Gasteiger charge is -1.99. The van der Waals surface area contributed by atoms with Crippen LogP contribution in [0, 0.1) is 6.42 Å². The Morgan fingerprint density at radius 2 is 2.54 bits per heavy atom. The van der Waals surface area contributed by atoms with Crippen molar-refractivity contribution < 1.29 is 9.53 Å². The van der Waals surface area contributed by atoms with E-state index < -0.39 is 5.97 Å². The van der Waals surface area contributed by atoms with Gasteiger partial charge < -0.3 is 4.74 Å². The maximum atomic E-state index is 10.9. The third-order valence-electron chi connectivity index (χ3n) is 1.20. The largest absolute Gasteiger partial charge is 0.465 e. The molecule has 1 heterocycles. The van der Waals surface area contributed by atoms with E-state index in [2.05, 4.69) is 14.7 Å². The van der Waals surface area contributed by atoms with Crippen LogP contribution in [0.2, 0.25) is 5.28 Å². The zero-order valence-electron chi connectivity index (χ0n) is 7.03. The lowest BCUT2D eigenvalue weighted by atomic mass is 10.3. The molecule has 13 heavy (non-hydrogen) atoms. The molecule has 0 N–H and O–H groups in total. The highest BCUT2D eigenvalue weighted by atomic mass is 35.5. The molecule has 0 amide bonds. The van der Waals surface area contributed by atoms with Crippen molar-refractivity contribution in [1.29, 1.82) is 0 Å². The van der Waals surface area contributed by atoms with Crippen molar-refractivity contribution in [2.75, 3.05) is 6.61 Å². The molecule has 0 spiro atoms. The van der Waals surface area contributed by atoms with E-state index in [4.69, 9.17) is 11.6 Å². The van der Waals surface area contributed by atoms with Crippen LogP contribution in [0.25, 0.3) is 0 Å². The highest BCUT2D eigenvalue weighted by molar-refractivity contribution is 6.28. The molecule has 0 aliphatic carbocycles. The molecular weight excluding hydrogens is 192 g/mol. The standard InChI is InChI=1S/C8H8ClN2O2/c1-2-13-7(12)5-6-3-4-10-8(9)11-6/h3-5H,2H2,1H3. The Kier molecular flexibility index (Phi) is 3.64. The average Bonchev–Trinajstić information content (AvgIpc) is 2.04. The molecule has 69 valence electrons. The van der Waals surface area contributed by atoms with Gasteiger partial charge in [-0.05, 0) is 24.6 Å². The van der Waals surface area contributed by atoms with Gasteiger partial charge in [-0.15, -0.1) is 0 Å². The smallest absolute Gasteiger partial charge is 0.316 e. The minimum absolute atomic E-state index is 0.109. The zero-order valence-corrected chi connectivity index (χ0v) is 7.78. The van der Waals surface area contributed by atoms with Crippen LogP contribution in [-0.2, 0) is 9.53 Å². The molecule has 0 aliphatic rings. The van der Waals surface area contributed by atoms with E-state index in [1.165, 1.54) is 12.6 Å². The van der Waals surface area contributed by atoms with Crippen LogP contribution in [0.4, 0.5) is 0 Å². The zero-order chi connectivity index (χ0) is 9.68. The van der Waals surface area contributed by atoms with Crippen LogP contribution in [0.1, 0.15) is 12.6 Å². The van der Waals surface area contributed by atoms with Crippen molar-refractivity contribution in [2.24, 2.45) is 0 Å². The van der Waals surface area contributed by atoms with E-state index in [0.29, 0.717) is 12.3 Å². The van der Waals surface area contributed by atoms with E-state index in [9.17, 15) is 4.79 Å². The molecule has 0 unspecified atom stereocenters. The topological polar surface area (TPSA) is 52.1 Å². The second-order valence-corrected chi connectivity index (χ2v) is 2.48. The maximum absolute atomic E-state index is 10.9. The Morgan fingerprint density at radius 3 is 3.15 bits per heavy atom. The second kappa shape index (κ2) is 4.77. The van der Waals surface area contributed by atoms with Gasteiger partial charge in [0.25, 0.3) is 0 Å². The van der Waals surface area contributed by atoms with Crippen LogP contribution >= 0.6 is 11.6 Å². The molecule has 0 aromatic carbocycles. The summed E-state index contributed by atoms with van der Waals surface area (Å²) < 4.78 is 4.69. The van der Waals surface area contributed by atoms with Gasteiger partial charge in [-0.2, -0.15) is 0 Å². The lowest BCUT2D eigenvalue weighted by molar-refractivity contribution is -0.138. The van der Waals surface area contributed by atoms with Crippen molar-refractivity contribution in [2.45, 2.75) is 6.92 Å². The fourth-order valence-corrected chi connectivity index (χ4v) is 0.887. The van der Waals surface area contributed by atoms with Gasteiger partial charge in [-0.3, -0.25) is 4.79 Å². The first-order valence-electron chi connectivity index (χ1n) is 3.72. The number of rotatable bonds is 3. The molecule has 1 rings (SSSR count). The minimum atomic E-state index is -0.433. The van der Waals surface area contributed by atoms with Crippen LogP contribution in [0.5, 0.6) is 0 Å². The van der Waals surface area contributed by atoms with Crippen molar-refractivity contribution in [1.82, 2.24) is 9.97 Å². The number of aromatic nitrogens is 2. The molecular formula is C8H8ClN2O2. The fraction of sp³-hybridized carbons (Fsp3) is 0.250. The number of esters is 1. The van der Waals surface area contributed by atoms with E-state index in [-0.39, 0.29) is 5.28 Å². The van der Waals surface area contributed by atoms with Crippen LogP contribution in [0.3, 0.4) is 0 Å². The van der Waals surface area contributed by atoms with Gasteiger partial charge in [0.1, 0.15) is 6.42 Å². The quantitative estimate of drug-likeness (QED) is 0.543. The summed E-state index contributed by atoms with van der Waals surface area (Å²) in [7, 11) is 0. The fourth-order valence-electron chi connectivity index (χ4n) is 0.733. The summed E-state index contributed by atoms with van der Waals surface area (Å²) in [5, 5.41) is 0.109. The Hall–Kier alpha value is -1.16. The van der Waals surface area contributed by atoms with E-state index in [1.807, 2.05) is 0 Å². The molecule has 1 radical (unpaired) electrons. The van der Waals surface area contributed by atoms with Gasteiger partial charge in [0.05, 0.1) is 12.3 Å². The van der Waals surface area contributed by atoms with Crippen LogP contribution in [-0.4, -0.2) is 22.5 Å². The van der Waals surface area contributed by atoms with Gasteiger partial charge in [0.2, 0.25) is 5.28 Å². The summed E-state index contributed by atoms with van der Waals surface area (Å²) in [6.45, 7) is 2.08. The Bertz CT molecular complexity index is 304.